The lowest BCUT2D eigenvalue weighted by atomic mass is 10.3. The Hall–Kier alpha value is -2.17. The van der Waals surface area contributed by atoms with Crippen LogP contribution in [0.4, 0.5) is 5.13 Å². The fourth-order valence-electron chi connectivity index (χ4n) is 1.20. The molecule has 2 aromatic heterocycles. The number of aromatic nitrogens is 2. The van der Waals surface area contributed by atoms with Gasteiger partial charge in [-0.25, -0.2) is 4.98 Å². The van der Waals surface area contributed by atoms with E-state index in [1.165, 1.54) is 23.7 Å². The molecule has 18 heavy (non-hydrogen) atoms. The van der Waals surface area contributed by atoms with Crippen molar-refractivity contribution in [2.45, 2.75) is 6.92 Å². The second kappa shape index (κ2) is 5.44. The molecule has 2 aromatic rings. The molecule has 0 bridgehead atoms. The van der Waals surface area contributed by atoms with Crippen LogP contribution in [0.2, 0.25) is 0 Å². The van der Waals surface area contributed by atoms with Gasteiger partial charge in [0.1, 0.15) is 17.9 Å². The van der Waals surface area contributed by atoms with Crippen molar-refractivity contribution in [2.24, 2.45) is 0 Å². The third-order valence-corrected chi connectivity index (χ3v) is 2.84. The van der Waals surface area contributed by atoms with Crippen LogP contribution >= 0.6 is 11.3 Å². The number of hydrogen-bond donors (Lipinski definition) is 2. The number of aliphatic hydroxyl groups is 1. The van der Waals surface area contributed by atoms with E-state index in [2.05, 4.69) is 27.3 Å². The van der Waals surface area contributed by atoms with Gasteiger partial charge in [-0.15, -0.1) is 0 Å². The topological polar surface area (TPSA) is 88.3 Å². The molecule has 0 aromatic carbocycles. The summed E-state index contributed by atoms with van der Waals surface area (Å²) < 4.78 is 4.80. The Balaban J connectivity index is 2.08. The summed E-state index contributed by atoms with van der Waals surface area (Å²) in [6.45, 7) is 1.45. The standard InChI is InChI=1S/C11H9N3O3S/c1-7-9(6-13-17-7)10(16)14-11-12-5-8(18-11)3-2-4-15/h5-6,15H,4H2,1H3,(H,12,14,16). The van der Waals surface area contributed by atoms with E-state index in [0.29, 0.717) is 21.3 Å². The van der Waals surface area contributed by atoms with Gasteiger partial charge in [0.25, 0.3) is 5.91 Å². The van der Waals surface area contributed by atoms with Crippen molar-refractivity contribution in [3.8, 4) is 11.8 Å². The molecule has 0 saturated carbocycles. The summed E-state index contributed by atoms with van der Waals surface area (Å²) in [6.07, 6.45) is 2.88. The van der Waals surface area contributed by atoms with Crippen molar-refractivity contribution in [1.82, 2.24) is 10.1 Å². The van der Waals surface area contributed by atoms with E-state index in [4.69, 9.17) is 9.63 Å². The molecule has 2 rings (SSSR count). The lowest BCUT2D eigenvalue weighted by Crippen LogP contribution is -2.11. The number of amides is 1. The zero-order chi connectivity index (χ0) is 13.0. The van der Waals surface area contributed by atoms with Gasteiger partial charge in [0.05, 0.1) is 17.3 Å². The van der Waals surface area contributed by atoms with Crippen molar-refractivity contribution < 1.29 is 14.4 Å². The molecular formula is C11H9N3O3S. The summed E-state index contributed by atoms with van der Waals surface area (Å²) in [5, 5.41) is 15.1. The van der Waals surface area contributed by atoms with Crippen molar-refractivity contribution in [3.05, 3.63) is 28.6 Å². The highest BCUT2D eigenvalue weighted by Crippen LogP contribution is 2.18. The summed E-state index contributed by atoms with van der Waals surface area (Å²) in [6, 6.07) is 0. The van der Waals surface area contributed by atoms with Gasteiger partial charge in [-0.1, -0.05) is 28.3 Å². The molecule has 0 unspecified atom stereocenters. The van der Waals surface area contributed by atoms with Crippen LogP contribution in [0.1, 0.15) is 21.0 Å². The van der Waals surface area contributed by atoms with Crippen molar-refractivity contribution in [3.63, 3.8) is 0 Å². The zero-order valence-electron chi connectivity index (χ0n) is 9.43. The Morgan fingerprint density at radius 2 is 2.44 bits per heavy atom. The summed E-state index contributed by atoms with van der Waals surface area (Å²) in [5.74, 6) is 5.33. The number of aliphatic hydroxyl groups excluding tert-OH is 1. The average Bonchev–Trinajstić information content (AvgIpc) is 2.95. The van der Waals surface area contributed by atoms with Gasteiger partial charge in [-0.3, -0.25) is 10.1 Å². The lowest BCUT2D eigenvalue weighted by Gasteiger charge is -1.97. The second-order valence-corrected chi connectivity index (χ2v) is 4.27. The van der Waals surface area contributed by atoms with Crippen LogP contribution in [0.25, 0.3) is 0 Å². The first-order chi connectivity index (χ1) is 8.70. The second-order valence-electron chi connectivity index (χ2n) is 3.24. The first kappa shape index (κ1) is 12.3. The van der Waals surface area contributed by atoms with E-state index in [0.717, 1.165) is 0 Å². The number of anilines is 1. The fraction of sp³-hybridized carbons (Fsp3) is 0.182. The quantitative estimate of drug-likeness (QED) is 0.790. The molecule has 0 radical (unpaired) electrons. The summed E-state index contributed by atoms with van der Waals surface area (Å²) >= 11 is 1.23. The predicted molar refractivity (Wildman–Crippen MR) is 65.3 cm³/mol. The van der Waals surface area contributed by atoms with Gasteiger partial charge in [0.15, 0.2) is 5.13 Å². The molecule has 0 spiro atoms. The highest BCUT2D eigenvalue weighted by atomic mass is 32.1. The number of carbonyl (C=O) groups is 1. The number of nitrogens with zero attached hydrogens (tertiary/aromatic N) is 2. The van der Waals surface area contributed by atoms with Gasteiger partial charge < -0.3 is 9.63 Å². The number of thiazole rings is 1. The maximum atomic E-state index is 11.8. The van der Waals surface area contributed by atoms with Gasteiger partial charge in [0, 0.05) is 0 Å². The predicted octanol–water partition coefficient (Wildman–Crippen LogP) is 1.04. The summed E-state index contributed by atoms with van der Waals surface area (Å²) in [7, 11) is 0. The van der Waals surface area contributed by atoms with E-state index in [-0.39, 0.29) is 12.5 Å². The lowest BCUT2D eigenvalue weighted by molar-refractivity contribution is 0.102. The van der Waals surface area contributed by atoms with Crippen molar-refractivity contribution in [2.75, 3.05) is 11.9 Å². The van der Waals surface area contributed by atoms with E-state index in [1.54, 1.807) is 6.92 Å². The van der Waals surface area contributed by atoms with E-state index < -0.39 is 0 Å². The molecule has 0 atom stereocenters. The summed E-state index contributed by atoms with van der Waals surface area (Å²) in [4.78, 5) is 16.5. The van der Waals surface area contributed by atoms with E-state index >= 15 is 0 Å². The minimum absolute atomic E-state index is 0.209. The Kier molecular flexibility index (Phi) is 3.72. The first-order valence-corrected chi connectivity index (χ1v) is 5.80. The summed E-state index contributed by atoms with van der Waals surface area (Å²) in [5.41, 5.74) is 0.369. The fourth-order valence-corrected chi connectivity index (χ4v) is 1.88. The normalized spacial score (nSPS) is 9.67. The SMILES string of the molecule is Cc1oncc1C(=O)Nc1ncc(C#CCO)s1. The smallest absolute Gasteiger partial charge is 0.262 e. The number of carbonyl (C=O) groups excluding carboxylic acids is 1. The van der Waals surface area contributed by atoms with Gasteiger partial charge >= 0.3 is 0 Å². The largest absolute Gasteiger partial charge is 0.384 e. The van der Waals surface area contributed by atoms with Crippen LogP contribution in [-0.2, 0) is 0 Å². The minimum atomic E-state index is -0.329. The molecule has 0 aliphatic heterocycles. The molecule has 7 heteroatoms. The van der Waals surface area contributed by atoms with E-state index in [1.807, 2.05) is 0 Å². The molecule has 0 aliphatic rings. The molecule has 0 fully saturated rings. The molecule has 2 N–H and O–H groups in total. The minimum Gasteiger partial charge on any atom is -0.384 e. The maximum Gasteiger partial charge on any atom is 0.262 e. The third kappa shape index (κ3) is 2.74. The van der Waals surface area contributed by atoms with Crippen LogP contribution in [0.5, 0.6) is 0 Å². The maximum absolute atomic E-state index is 11.8. The van der Waals surface area contributed by atoms with Crippen molar-refractivity contribution >= 4 is 22.4 Å². The number of nitrogens with one attached hydrogen (secondary N) is 1. The van der Waals surface area contributed by atoms with Gasteiger partial charge in [-0.05, 0) is 6.92 Å². The Morgan fingerprint density at radius 3 is 3.11 bits per heavy atom. The van der Waals surface area contributed by atoms with Crippen LogP contribution in [0.3, 0.4) is 0 Å². The number of rotatable bonds is 2. The van der Waals surface area contributed by atoms with Crippen LogP contribution in [0, 0.1) is 18.8 Å². The average molecular weight is 263 g/mol. The number of aryl methyl sites for hydroxylation is 1. The Labute approximate surface area is 107 Å². The van der Waals surface area contributed by atoms with Crippen LogP contribution in [-0.4, -0.2) is 27.8 Å². The molecule has 0 saturated heterocycles. The van der Waals surface area contributed by atoms with Gasteiger partial charge in [0.2, 0.25) is 0 Å². The highest BCUT2D eigenvalue weighted by molar-refractivity contribution is 7.16. The molecule has 6 nitrogen and oxygen atoms in total. The van der Waals surface area contributed by atoms with Crippen LogP contribution < -0.4 is 5.32 Å². The molecule has 1 amide bonds. The van der Waals surface area contributed by atoms with Crippen molar-refractivity contribution in [1.29, 1.82) is 0 Å². The van der Waals surface area contributed by atoms with Crippen LogP contribution in [0.15, 0.2) is 16.9 Å². The Morgan fingerprint density at radius 1 is 1.61 bits per heavy atom. The highest BCUT2D eigenvalue weighted by Gasteiger charge is 2.14. The molecule has 2 heterocycles. The van der Waals surface area contributed by atoms with Gasteiger partial charge in [-0.2, -0.15) is 0 Å². The molecule has 92 valence electrons. The van der Waals surface area contributed by atoms with E-state index in [9.17, 15) is 4.79 Å². The first-order valence-electron chi connectivity index (χ1n) is 4.99. The third-order valence-electron chi connectivity index (χ3n) is 2.01. The number of hydrogen-bond acceptors (Lipinski definition) is 6. The molecular weight excluding hydrogens is 254 g/mol. The monoisotopic (exact) mass is 263 g/mol. The zero-order valence-corrected chi connectivity index (χ0v) is 10.2. The Bertz CT molecular complexity index is 621. The molecule has 0 aliphatic carbocycles.